The van der Waals surface area contributed by atoms with Crippen LogP contribution in [0.5, 0.6) is 5.75 Å². The Balaban J connectivity index is 1.44. The number of likely N-dealkylation sites (tertiary alicyclic amines) is 2. The minimum absolute atomic E-state index is 0.110. The van der Waals surface area contributed by atoms with Crippen molar-refractivity contribution < 1.29 is 18.3 Å². The van der Waals surface area contributed by atoms with Gasteiger partial charge in [-0.05, 0) is 50.9 Å². The number of nitrogens with zero attached hydrogens (tertiary/aromatic N) is 2. The fraction of sp³-hybridized carbons (Fsp3) is 0.667. The van der Waals surface area contributed by atoms with Gasteiger partial charge in [0, 0.05) is 44.1 Å². The molecule has 4 nitrogen and oxygen atoms in total. The van der Waals surface area contributed by atoms with Crippen molar-refractivity contribution in [1.29, 1.82) is 0 Å². The standard InChI is InChI=1S/C21H29ClF2N2O2/c1-16-4-2-9-26(16)10-3-13-28-20-6-5-17(14-18(20)22)19(27)15-25-11-7-21(23,24)8-12-25/h5-6,14,16H,2-4,7-13,15H2,1H3/t16-/m1/s1. The molecule has 0 saturated carbocycles. The summed E-state index contributed by atoms with van der Waals surface area (Å²) in [4.78, 5) is 16.7. The van der Waals surface area contributed by atoms with Crippen LogP contribution in [0.3, 0.4) is 0 Å². The number of ketones is 1. The molecule has 3 rings (SSSR count). The number of halogens is 3. The van der Waals surface area contributed by atoms with E-state index >= 15 is 0 Å². The van der Waals surface area contributed by atoms with Crippen LogP contribution in [0.1, 0.15) is 49.4 Å². The van der Waals surface area contributed by atoms with Crippen molar-refractivity contribution in [3.05, 3.63) is 28.8 Å². The molecule has 0 amide bonds. The van der Waals surface area contributed by atoms with Gasteiger partial charge in [0.1, 0.15) is 5.75 Å². The number of hydrogen-bond acceptors (Lipinski definition) is 4. The van der Waals surface area contributed by atoms with Gasteiger partial charge in [-0.25, -0.2) is 8.78 Å². The minimum Gasteiger partial charge on any atom is -0.492 e. The molecule has 0 N–H and O–H groups in total. The van der Waals surface area contributed by atoms with Crippen LogP contribution in [0.15, 0.2) is 18.2 Å². The van der Waals surface area contributed by atoms with Crippen LogP contribution < -0.4 is 4.74 Å². The summed E-state index contributed by atoms with van der Waals surface area (Å²) in [7, 11) is 0. The molecule has 2 fully saturated rings. The van der Waals surface area contributed by atoms with E-state index in [1.54, 1.807) is 23.1 Å². The lowest BCUT2D eigenvalue weighted by Crippen LogP contribution is -2.41. The maximum absolute atomic E-state index is 13.2. The number of hydrogen-bond donors (Lipinski definition) is 0. The van der Waals surface area contributed by atoms with Gasteiger partial charge in [0.2, 0.25) is 0 Å². The summed E-state index contributed by atoms with van der Waals surface area (Å²) >= 11 is 6.28. The Morgan fingerprint density at radius 2 is 2.04 bits per heavy atom. The van der Waals surface area contributed by atoms with E-state index in [2.05, 4.69) is 11.8 Å². The number of benzene rings is 1. The molecule has 1 atom stereocenters. The first kappa shape index (κ1) is 21.5. The lowest BCUT2D eigenvalue weighted by atomic mass is 10.1. The zero-order chi connectivity index (χ0) is 20.1. The van der Waals surface area contributed by atoms with Crippen molar-refractivity contribution >= 4 is 17.4 Å². The van der Waals surface area contributed by atoms with Crippen LogP contribution in [-0.2, 0) is 0 Å². The molecule has 0 spiro atoms. The Labute approximate surface area is 170 Å². The average Bonchev–Trinajstić information content (AvgIpc) is 3.06. The third-order valence-corrected chi connectivity index (χ3v) is 6.04. The van der Waals surface area contributed by atoms with Gasteiger partial charge in [-0.3, -0.25) is 9.69 Å². The number of carbonyl (C=O) groups is 1. The summed E-state index contributed by atoms with van der Waals surface area (Å²) in [5.41, 5.74) is 0.487. The number of Topliss-reactive ketones (excluding diaryl/α,β-unsaturated/α-hetero) is 1. The Hall–Kier alpha value is -1.24. The topological polar surface area (TPSA) is 32.8 Å². The van der Waals surface area contributed by atoms with E-state index in [0.717, 1.165) is 19.5 Å². The summed E-state index contributed by atoms with van der Waals surface area (Å²) in [6, 6.07) is 5.68. The number of piperidine rings is 1. The molecule has 0 radical (unpaired) electrons. The van der Waals surface area contributed by atoms with Gasteiger partial charge in [-0.2, -0.15) is 0 Å². The molecule has 0 aromatic heterocycles. The predicted octanol–water partition coefficient (Wildman–Crippen LogP) is 4.51. The van der Waals surface area contributed by atoms with Crippen LogP contribution in [0.25, 0.3) is 0 Å². The second-order valence-electron chi connectivity index (χ2n) is 7.93. The summed E-state index contributed by atoms with van der Waals surface area (Å²) < 4.78 is 32.2. The highest BCUT2D eigenvalue weighted by molar-refractivity contribution is 6.32. The molecule has 2 aliphatic heterocycles. The van der Waals surface area contributed by atoms with Crippen LogP contribution in [0, 0.1) is 0 Å². The molecule has 2 saturated heterocycles. The Morgan fingerprint density at radius 3 is 2.68 bits per heavy atom. The first-order valence-corrected chi connectivity index (χ1v) is 10.5. The van der Waals surface area contributed by atoms with Crippen molar-refractivity contribution in [3.8, 4) is 5.75 Å². The number of alkyl halides is 2. The third kappa shape index (κ3) is 5.88. The number of ether oxygens (including phenoxy) is 1. The summed E-state index contributed by atoms with van der Waals surface area (Å²) in [5, 5.41) is 0.408. The van der Waals surface area contributed by atoms with Crippen molar-refractivity contribution in [2.75, 3.05) is 39.3 Å². The average molecular weight is 415 g/mol. The van der Waals surface area contributed by atoms with Crippen molar-refractivity contribution in [1.82, 2.24) is 9.80 Å². The summed E-state index contributed by atoms with van der Waals surface area (Å²) in [6.07, 6.45) is 3.08. The molecule has 0 unspecified atom stereocenters. The predicted molar refractivity (Wildman–Crippen MR) is 107 cm³/mol. The first-order chi connectivity index (χ1) is 13.3. The first-order valence-electron chi connectivity index (χ1n) is 10.1. The quantitative estimate of drug-likeness (QED) is 0.463. The molecule has 2 heterocycles. The number of carbonyl (C=O) groups excluding carboxylic acids is 1. The Bertz CT molecular complexity index is 676. The largest absolute Gasteiger partial charge is 0.492 e. The van der Waals surface area contributed by atoms with Gasteiger partial charge in [0.05, 0.1) is 18.2 Å². The maximum atomic E-state index is 13.2. The van der Waals surface area contributed by atoms with E-state index in [0.29, 0.717) is 29.0 Å². The lowest BCUT2D eigenvalue weighted by molar-refractivity contribution is -0.0536. The van der Waals surface area contributed by atoms with Crippen molar-refractivity contribution in [3.63, 3.8) is 0 Å². The van der Waals surface area contributed by atoms with E-state index in [-0.39, 0.29) is 38.3 Å². The molecule has 156 valence electrons. The highest BCUT2D eigenvalue weighted by atomic mass is 35.5. The smallest absolute Gasteiger partial charge is 0.250 e. The van der Waals surface area contributed by atoms with E-state index in [1.165, 1.54) is 12.8 Å². The highest BCUT2D eigenvalue weighted by Crippen LogP contribution is 2.29. The lowest BCUT2D eigenvalue weighted by Gasteiger charge is -2.31. The van der Waals surface area contributed by atoms with Gasteiger partial charge in [-0.15, -0.1) is 0 Å². The van der Waals surface area contributed by atoms with Gasteiger partial charge in [0.25, 0.3) is 5.92 Å². The summed E-state index contributed by atoms with van der Waals surface area (Å²) in [5.74, 6) is -2.14. The molecule has 7 heteroatoms. The zero-order valence-electron chi connectivity index (χ0n) is 16.4. The second-order valence-corrected chi connectivity index (χ2v) is 8.34. The van der Waals surface area contributed by atoms with Crippen molar-refractivity contribution in [2.24, 2.45) is 0 Å². The molecule has 0 aliphatic carbocycles. The molecular weight excluding hydrogens is 386 g/mol. The molecule has 1 aromatic carbocycles. The van der Waals surface area contributed by atoms with E-state index in [4.69, 9.17) is 16.3 Å². The minimum atomic E-state index is -2.60. The third-order valence-electron chi connectivity index (χ3n) is 5.75. The zero-order valence-corrected chi connectivity index (χ0v) is 17.2. The Kier molecular flexibility index (Phi) is 7.29. The molecular formula is C21H29ClF2N2O2. The van der Waals surface area contributed by atoms with Gasteiger partial charge in [0.15, 0.2) is 5.78 Å². The molecule has 1 aromatic rings. The van der Waals surface area contributed by atoms with Crippen LogP contribution >= 0.6 is 11.6 Å². The molecule has 0 bridgehead atoms. The fourth-order valence-electron chi connectivity index (χ4n) is 3.90. The molecule has 2 aliphatic rings. The van der Waals surface area contributed by atoms with E-state index in [9.17, 15) is 13.6 Å². The fourth-order valence-corrected chi connectivity index (χ4v) is 4.13. The van der Waals surface area contributed by atoms with Gasteiger partial charge in [-0.1, -0.05) is 11.6 Å². The maximum Gasteiger partial charge on any atom is 0.250 e. The van der Waals surface area contributed by atoms with E-state index < -0.39 is 5.92 Å². The number of rotatable bonds is 8. The van der Waals surface area contributed by atoms with Crippen molar-refractivity contribution in [2.45, 2.75) is 51.0 Å². The second kappa shape index (κ2) is 9.51. The van der Waals surface area contributed by atoms with Gasteiger partial charge < -0.3 is 9.64 Å². The summed E-state index contributed by atoms with van der Waals surface area (Å²) in [6.45, 7) is 5.64. The SMILES string of the molecule is C[C@@H]1CCCN1CCCOc1ccc(C(=O)CN2CCC(F)(F)CC2)cc1Cl. The monoisotopic (exact) mass is 414 g/mol. The van der Waals surface area contributed by atoms with Crippen LogP contribution in [0.4, 0.5) is 8.78 Å². The van der Waals surface area contributed by atoms with Crippen LogP contribution in [-0.4, -0.2) is 66.9 Å². The highest BCUT2D eigenvalue weighted by Gasteiger charge is 2.34. The molecule has 28 heavy (non-hydrogen) atoms. The van der Waals surface area contributed by atoms with Gasteiger partial charge >= 0.3 is 0 Å². The van der Waals surface area contributed by atoms with Crippen LogP contribution in [0.2, 0.25) is 5.02 Å². The Morgan fingerprint density at radius 1 is 1.29 bits per heavy atom. The normalized spacial score (nSPS) is 23.1. The van der Waals surface area contributed by atoms with E-state index in [1.807, 2.05) is 0 Å².